The van der Waals surface area contributed by atoms with Crippen LogP contribution in [0.3, 0.4) is 0 Å². The molecular formula is C30H45N5O6S. The van der Waals surface area contributed by atoms with E-state index in [1.807, 2.05) is 62.4 Å². The molecule has 1 aliphatic heterocycles. The third kappa shape index (κ3) is 9.84. The Kier molecular flexibility index (Phi) is 12.4. The number of thiazole rings is 1. The van der Waals surface area contributed by atoms with E-state index in [-0.39, 0.29) is 25.5 Å². The summed E-state index contributed by atoms with van der Waals surface area (Å²) in [7, 11) is 0. The summed E-state index contributed by atoms with van der Waals surface area (Å²) in [4.78, 5) is 46.0. The lowest BCUT2D eigenvalue weighted by Crippen LogP contribution is -2.59. The molecule has 0 unspecified atom stereocenters. The molecule has 1 aromatic heterocycles. The van der Waals surface area contributed by atoms with Crippen LogP contribution in [0.5, 0.6) is 0 Å². The van der Waals surface area contributed by atoms with Crippen LogP contribution in [-0.2, 0) is 25.7 Å². The second-order valence-electron chi connectivity index (χ2n) is 11.9. The van der Waals surface area contributed by atoms with Gasteiger partial charge in [-0.2, -0.15) is 0 Å². The number of nitrogens with one attached hydrogen (secondary N) is 3. The second kappa shape index (κ2) is 15.5. The highest BCUT2D eigenvalue weighted by atomic mass is 32.1. The molecule has 42 heavy (non-hydrogen) atoms. The molecule has 11 nitrogen and oxygen atoms in total. The third-order valence-electron chi connectivity index (χ3n) is 7.29. The van der Waals surface area contributed by atoms with Crippen molar-refractivity contribution >= 4 is 29.1 Å². The maximum atomic E-state index is 13.1. The minimum absolute atomic E-state index is 0.00786. The van der Waals surface area contributed by atoms with Gasteiger partial charge in [0, 0.05) is 38.6 Å². The Bertz CT molecular complexity index is 1180. The number of aliphatic hydroxyl groups excluding tert-OH is 2. The molecule has 232 valence electrons. The average Bonchev–Trinajstić information content (AvgIpc) is 3.38. The molecule has 1 fully saturated rings. The summed E-state index contributed by atoms with van der Waals surface area (Å²) in [6.07, 6.45) is -1.52. The molecule has 4 atom stereocenters. The van der Waals surface area contributed by atoms with E-state index in [4.69, 9.17) is 4.74 Å². The van der Waals surface area contributed by atoms with Crippen molar-refractivity contribution in [3.8, 4) is 10.4 Å². The molecule has 1 aromatic carbocycles. The zero-order valence-corrected chi connectivity index (χ0v) is 26.0. The van der Waals surface area contributed by atoms with Gasteiger partial charge in [-0.1, -0.05) is 52.0 Å². The molecule has 1 aliphatic rings. The van der Waals surface area contributed by atoms with E-state index >= 15 is 0 Å². The maximum Gasteiger partial charge on any atom is 0.251 e. The fourth-order valence-corrected chi connectivity index (χ4v) is 5.56. The molecule has 2 aromatic rings. The standard InChI is InChI=1S/C30H45N5O6S/c1-19(27(38)31-15-21-6-8-22(9-7-21)25-20(2)33-18-42-25)14-23(37)16-32-29(40)26(30(3,4)5)34-28(39)24-17-35(10-12-36)11-13-41-24/h6-9,18-19,23-24,26,36-37H,10-17H2,1-5H3,(H,31,38)(H,32,40)(H,34,39)/t19-,23+,24-,26+/m0/s1. The van der Waals surface area contributed by atoms with E-state index in [9.17, 15) is 24.6 Å². The van der Waals surface area contributed by atoms with Gasteiger partial charge < -0.3 is 30.9 Å². The third-order valence-corrected chi connectivity index (χ3v) is 8.27. The fourth-order valence-electron chi connectivity index (χ4n) is 4.75. The summed E-state index contributed by atoms with van der Waals surface area (Å²) in [5.74, 6) is -1.48. The number of amides is 3. The van der Waals surface area contributed by atoms with Gasteiger partial charge in [0.1, 0.15) is 12.1 Å². The van der Waals surface area contributed by atoms with Crippen molar-refractivity contribution in [2.45, 2.75) is 65.8 Å². The summed E-state index contributed by atoms with van der Waals surface area (Å²) in [5.41, 5.74) is 4.26. The van der Waals surface area contributed by atoms with Gasteiger partial charge in [-0.3, -0.25) is 19.3 Å². The molecular weight excluding hydrogens is 558 g/mol. The Morgan fingerprint density at radius 2 is 1.88 bits per heavy atom. The number of hydrogen-bond acceptors (Lipinski definition) is 9. The van der Waals surface area contributed by atoms with E-state index < -0.39 is 41.4 Å². The van der Waals surface area contributed by atoms with Crippen LogP contribution < -0.4 is 16.0 Å². The van der Waals surface area contributed by atoms with Crippen molar-refractivity contribution in [2.24, 2.45) is 11.3 Å². The van der Waals surface area contributed by atoms with Crippen molar-refractivity contribution in [1.29, 1.82) is 0 Å². The Morgan fingerprint density at radius 3 is 2.50 bits per heavy atom. The lowest BCUT2D eigenvalue weighted by molar-refractivity contribution is -0.143. The first-order valence-electron chi connectivity index (χ1n) is 14.4. The van der Waals surface area contributed by atoms with Crippen LogP contribution in [-0.4, -0.2) is 95.5 Å². The second-order valence-corrected chi connectivity index (χ2v) is 12.8. The summed E-state index contributed by atoms with van der Waals surface area (Å²) in [6.45, 7) is 11.3. The number of benzene rings is 1. The molecule has 0 aliphatic carbocycles. The molecule has 0 spiro atoms. The summed E-state index contributed by atoms with van der Waals surface area (Å²) in [6, 6.07) is 7.11. The smallest absolute Gasteiger partial charge is 0.251 e. The number of carbonyl (C=O) groups is 3. The minimum atomic E-state index is -0.943. The number of carbonyl (C=O) groups excluding carboxylic acids is 3. The van der Waals surface area contributed by atoms with Crippen molar-refractivity contribution in [2.75, 3.05) is 39.4 Å². The number of aryl methyl sites for hydroxylation is 1. The van der Waals surface area contributed by atoms with E-state index in [0.29, 0.717) is 32.8 Å². The summed E-state index contributed by atoms with van der Waals surface area (Å²) >= 11 is 1.59. The van der Waals surface area contributed by atoms with E-state index in [2.05, 4.69) is 20.9 Å². The van der Waals surface area contributed by atoms with Gasteiger partial charge in [0.2, 0.25) is 11.8 Å². The van der Waals surface area contributed by atoms with Crippen LogP contribution in [0, 0.1) is 18.3 Å². The van der Waals surface area contributed by atoms with Gasteiger partial charge in [-0.05, 0) is 29.9 Å². The van der Waals surface area contributed by atoms with Crippen LogP contribution >= 0.6 is 11.3 Å². The Hall–Kier alpha value is -2.90. The first kappa shape index (κ1) is 33.6. The van der Waals surface area contributed by atoms with Gasteiger partial charge in [-0.15, -0.1) is 11.3 Å². The zero-order valence-electron chi connectivity index (χ0n) is 25.2. The lowest BCUT2D eigenvalue weighted by atomic mass is 9.85. The van der Waals surface area contributed by atoms with Gasteiger partial charge in [0.05, 0.1) is 35.4 Å². The molecule has 2 heterocycles. The van der Waals surface area contributed by atoms with Crippen LogP contribution in [0.2, 0.25) is 0 Å². The molecule has 3 rings (SSSR count). The Balaban J connectivity index is 1.44. The molecule has 12 heteroatoms. The van der Waals surface area contributed by atoms with Gasteiger partial charge in [0.15, 0.2) is 0 Å². The van der Waals surface area contributed by atoms with Crippen LogP contribution in [0.1, 0.15) is 45.4 Å². The van der Waals surface area contributed by atoms with Crippen molar-refractivity contribution in [3.63, 3.8) is 0 Å². The number of hydrogen-bond donors (Lipinski definition) is 5. The zero-order chi connectivity index (χ0) is 30.9. The number of nitrogens with zero attached hydrogens (tertiary/aromatic N) is 2. The fraction of sp³-hybridized carbons (Fsp3) is 0.600. The number of rotatable bonds is 13. The Labute approximate surface area is 252 Å². The van der Waals surface area contributed by atoms with Crippen molar-refractivity contribution in [3.05, 3.63) is 41.0 Å². The van der Waals surface area contributed by atoms with Crippen molar-refractivity contribution in [1.82, 2.24) is 25.8 Å². The predicted molar refractivity (Wildman–Crippen MR) is 162 cm³/mol. The summed E-state index contributed by atoms with van der Waals surface area (Å²) < 4.78 is 5.60. The largest absolute Gasteiger partial charge is 0.395 e. The van der Waals surface area contributed by atoms with Gasteiger partial charge >= 0.3 is 0 Å². The minimum Gasteiger partial charge on any atom is -0.395 e. The predicted octanol–water partition coefficient (Wildman–Crippen LogP) is 1.46. The van der Waals surface area contributed by atoms with Gasteiger partial charge in [0.25, 0.3) is 5.91 Å². The number of morpholine rings is 1. The first-order valence-corrected chi connectivity index (χ1v) is 15.2. The van der Waals surface area contributed by atoms with E-state index in [1.165, 1.54) is 0 Å². The maximum absolute atomic E-state index is 13.1. The van der Waals surface area contributed by atoms with Crippen LogP contribution in [0.4, 0.5) is 0 Å². The first-order chi connectivity index (χ1) is 19.9. The SMILES string of the molecule is Cc1ncsc1-c1ccc(CNC(=O)[C@@H](C)C[C@@H](O)CNC(=O)[C@@H](NC(=O)[C@@H]2CN(CCO)CCO2)C(C)(C)C)cc1. The molecule has 1 saturated heterocycles. The van der Waals surface area contributed by atoms with Crippen molar-refractivity contribution < 1.29 is 29.3 Å². The number of β-amino-alcohol motifs (C(OH)–C–C–N with tert-alkyl or cyclic N) is 1. The van der Waals surface area contributed by atoms with E-state index in [0.717, 1.165) is 21.7 Å². The normalized spacial score (nSPS) is 18.1. The highest BCUT2D eigenvalue weighted by Gasteiger charge is 2.36. The highest BCUT2D eigenvalue weighted by molar-refractivity contribution is 7.13. The Morgan fingerprint density at radius 1 is 1.17 bits per heavy atom. The monoisotopic (exact) mass is 603 g/mol. The van der Waals surface area contributed by atoms with E-state index in [1.54, 1.807) is 18.3 Å². The number of aliphatic hydroxyl groups is 2. The summed E-state index contributed by atoms with van der Waals surface area (Å²) in [5, 5.41) is 28.2. The van der Waals surface area contributed by atoms with Gasteiger partial charge in [-0.25, -0.2) is 4.98 Å². The lowest BCUT2D eigenvalue weighted by Gasteiger charge is -2.35. The topological polar surface area (TPSA) is 153 Å². The number of aromatic nitrogens is 1. The quantitative estimate of drug-likeness (QED) is 0.231. The molecule has 0 saturated carbocycles. The average molecular weight is 604 g/mol. The van der Waals surface area contributed by atoms with Crippen LogP contribution in [0.25, 0.3) is 10.4 Å². The molecule has 3 amide bonds. The highest BCUT2D eigenvalue weighted by Crippen LogP contribution is 2.27. The molecule has 5 N–H and O–H groups in total. The molecule has 0 bridgehead atoms. The molecule has 0 radical (unpaired) electrons. The number of ether oxygens (including phenoxy) is 1. The van der Waals surface area contributed by atoms with Crippen LogP contribution in [0.15, 0.2) is 29.8 Å².